The topological polar surface area (TPSA) is 56.5 Å². The van der Waals surface area contributed by atoms with Crippen LogP contribution in [-0.2, 0) is 0 Å². The number of pyridine rings is 1. The molecular formula is C36H21N5S2. The van der Waals surface area contributed by atoms with Crippen molar-refractivity contribution in [3.8, 4) is 39.9 Å². The van der Waals surface area contributed by atoms with Crippen LogP contribution in [0.2, 0.25) is 0 Å². The molecule has 0 saturated carbocycles. The monoisotopic (exact) mass is 587 g/mol. The van der Waals surface area contributed by atoms with Crippen molar-refractivity contribution in [1.29, 1.82) is 0 Å². The maximum atomic E-state index is 4.96. The molecule has 9 aromatic rings. The van der Waals surface area contributed by atoms with Gasteiger partial charge in [-0.1, -0.05) is 66.7 Å². The third-order valence-electron chi connectivity index (χ3n) is 7.78. The molecule has 202 valence electrons. The van der Waals surface area contributed by atoms with Crippen LogP contribution >= 0.6 is 22.7 Å². The number of hydrogen-bond donors (Lipinski definition) is 0. The van der Waals surface area contributed by atoms with Crippen molar-refractivity contribution in [2.24, 2.45) is 0 Å². The van der Waals surface area contributed by atoms with E-state index in [2.05, 4.69) is 82.3 Å². The highest BCUT2D eigenvalue weighted by atomic mass is 32.1. The highest BCUT2D eigenvalue weighted by molar-refractivity contribution is 7.36. The molecule has 0 spiro atoms. The maximum absolute atomic E-state index is 4.96. The summed E-state index contributed by atoms with van der Waals surface area (Å²) in [6, 6.07) is 39.9. The third-order valence-corrected chi connectivity index (χ3v) is 10.3. The average molecular weight is 588 g/mol. The number of nitrogens with zero attached hydrogens (tertiary/aromatic N) is 5. The van der Waals surface area contributed by atoms with E-state index in [1.807, 2.05) is 65.1 Å². The Kier molecular flexibility index (Phi) is 5.47. The summed E-state index contributed by atoms with van der Waals surface area (Å²) in [6.45, 7) is 0. The normalized spacial score (nSPS) is 11.7. The molecular weight excluding hydrogens is 567 g/mol. The molecule has 0 aliphatic rings. The summed E-state index contributed by atoms with van der Waals surface area (Å²) in [6.07, 6.45) is 3.53. The molecule has 5 nitrogen and oxygen atoms in total. The Bertz CT molecular complexity index is 2390. The molecule has 9 rings (SSSR count). The minimum Gasteiger partial charge on any atom is -0.301 e. The summed E-state index contributed by atoms with van der Waals surface area (Å²) in [7, 11) is 0. The van der Waals surface area contributed by atoms with Crippen molar-refractivity contribution in [2.45, 2.75) is 0 Å². The Morgan fingerprint density at radius 1 is 0.512 bits per heavy atom. The van der Waals surface area contributed by atoms with Crippen molar-refractivity contribution in [3.63, 3.8) is 0 Å². The van der Waals surface area contributed by atoms with Gasteiger partial charge in [0.1, 0.15) is 4.83 Å². The molecule has 5 heterocycles. The predicted octanol–water partition coefficient (Wildman–Crippen LogP) is 9.79. The molecule has 4 aromatic carbocycles. The van der Waals surface area contributed by atoms with Gasteiger partial charge in [-0.15, -0.1) is 22.7 Å². The van der Waals surface area contributed by atoms with Crippen molar-refractivity contribution in [1.82, 2.24) is 24.5 Å². The lowest BCUT2D eigenvalue weighted by atomic mass is 10.1. The highest BCUT2D eigenvalue weighted by Gasteiger charge is 2.21. The fraction of sp³-hybridized carbons (Fsp3) is 0. The van der Waals surface area contributed by atoms with Gasteiger partial charge in [-0.05, 0) is 48.5 Å². The van der Waals surface area contributed by atoms with E-state index in [0.29, 0.717) is 17.5 Å². The van der Waals surface area contributed by atoms with Crippen LogP contribution in [0.5, 0.6) is 0 Å². The number of benzene rings is 4. The molecule has 0 amide bonds. The van der Waals surface area contributed by atoms with Gasteiger partial charge in [0.2, 0.25) is 0 Å². The number of thiophene rings is 2. The lowest BCUT2D eigenvalue weighted by molar-refractivity contribution is 1.07. The summed E-state index contributed by atoms with van der Waals surface area (Å²) in [4.78, 5) is 20.2. The molecule has 43 heavy (non-hydrogen) atoms. The van der Waals surface area contributed by atoms with Crippen molar-refractivity contribution >= 4 is 63.3 Å². The molecule has 0 atom stereocenters. The van der Waals surface area contributed by atoms with Gasteiger partial charge in [-0.3, -0.25) is 4.98 Å². The van der Waals surface area contributed by atoms with Crippen LogP contribution in [0.4, 0.5) is 0 Å². The summed E-state index contributed by atoms with van der Waals surface area (Å²) >= 11 is 3.72. The molecule has 0 fully saturated rings. The first-order chi connectivity index (χ1) is 21.3. The first-order valence-corrected chi connectivity index (χ1v) is 15.6. The van der Waals surface area contributed by atoms with Crippen LogP contribution in [-0.4, -0.2) is 24.5 Å². The Balaban J connectivity index is 1.28. The van der Waals surface area contributed by atoms with Gasteiger partial charge in [0.15, 0.2) is 17.5 Å². The number of para-hydroxylation sites is 2. The second-order valence-electron chi connectivity index (χ2n) is 10.3. The number of fused-ring (bicyclic) bond motifs is 7. The smallest absolute Gasteiger partial charge is 0.164 e. The standard InChI is InChI=1S/C36H21N5S2/c1-3-9-22(10-4-1)33-38-34(23-17-19-37-20-18-23)40-35(39-33)24-15-16-29-27(21-24)31-32(42-29)30-26-13-7-8-14-28(26)41(36(30)43-31)25-11-5-2-6-12-25/h1-21H. The Hall–Kier alpha value is -5.24. The van der Waals surface area contributed by atoms with E-state index in [0.717, 1.165) is 16.7 Å². The van der Waals surface area contributed by atoms with Gasteiger partial charge in [-0.2, -0.15) is 0 Å². The van der Waals surface area contributed by atoms with Gasteiger partial charge >= 0.3 is 0 Å². The SMILES string of the molecule is c1ccc(-c2nc(-c3ccncc3)nc(-c3ccc4sc5c(sc6c5c5ccccc5n6-c5ccccc5)c4c3)n2)cc1. The largest absolute Gasteiger partial charge is 0.301 e. The van der Waals surface area contributed by atoms with Crippen molar-refractivity contribution < 1.29 is 0 Å². The lowest BCUT2D eigenvalue weighted by Crippen LogP contribution is -2.00. The molecule has 0 saturated heterocycles. The van der Waals surface area contributed by atoms with E-state index < -0.39 is 0 Å². The quantitative estimate of drug-likeness (QED) is 0.206. The highest BCUT2D eigenvalue weighted by Crippen LogP contribution is 2.49. The van der Waals surface area contributed by atoms with Crippen molar-refractivity contribution in [2.75, 3.05) is 0 Å². The van der Waals surface area contributed by atoms with Crippen LogP contribution in [0, 0.1) is 0 Å². The van der Waals surface area contributed by atoms with Gasteiger partial charge < -0.3 is 4.57 Å². The lowest BCUT2D eigenvalue weighted by Gasteiger charge is -2.08. The van der Waals surface area contributed by atoms with E-state index in [1.165, 1.54) is 46.3 Å². The molecule has 5 aromatic heterocycles. The van der Waals surface area contributed by atoms with Crippen LogP contribution in [0.3, 0.4) is 0 Å². The average Bonchev–Trinajstić information content (AvgIpc) is 3.72. The summed E-state index contributed by atoms with van der Waals surface area (Å²) < 4.78 is 6.29. The number of hydrogen-bond acceptors (Lipinski definition) is 6. The predicted molar refractivity (Wildman–Crippen MR) is 179 cm³/mol. The van der Waals surface area contributed by atoms with Crippen molar-refractivity contribution in [3.05, 3.63) is 128 Å². The van der Waals surface area contributed by atoms with E-state index in [9.17, 15) is 0 Å². The van der Waals surface area contributed by atoms with Crippen LogP contribution in [0.15, 0.2) is 128 Å². The molecule has 0 aliphatic heterocycles. The first kappa shape index (κ1) is 24.4. The Labute approximate surface area is 254 Å². The summed E-state index contributed by atoms with van der Waals surface area (Å²) in [5.41, 5.74) is 5.24. The van der Waals surface area contributed by atoms with Crippen LogP contribution in [0.1, 0.15) is 0 Å². The summed E-state index contributed by atoms with van der Waals surface area (Å²) in [5, 5.41) is 3.84. The Morgan fingerprint density at radius 3 is 1.93 bits per heavy atom. The minimum atomic E-state index is 0.632. The molecule has 0 aliphatic carbocycles. The van der Waals surface area contributed by atoms with Gasteiger partial charge in [0.05, 0.1) is 14.9 Å². The van der Waals surface area contributed by atoms with E-state index >= 15 is 0 Å². The van der Waals surface area contributed by atoms with Gasteiger partial charge in [0, 0.05) is 55.6 Å². The molecule has 0 unspecified atom stereocenters. The first-order valence-electron chi connectivity index (χ1n) is 14.0. The second kappa shape index (κ2) is 9.66. The molecule has 0 radical (unpaired) electrons. The van der Waals surface area contributed by atoms with Gasteiger partial charge in [0.25, 0.3) is 0 Å². The molecule has 7 heteroatoms. The van der Waals surface area contributed by atoms with E-state index in [4.69, 9.17) is 15.0 Å². The zero-order valence-electron chi connectivity index (χ0n) is 22.7. The number of rotatable bonds is 4. The molecule has 0 N–H and O–H groups in total. The number of aromatic nitrogens is 5. The second-order valence-corrected chi connectivity index (χ2v) is 12.4. The fourth-order valence-corrected chi connectivity index (χ4v) is 8.59. The maximum Gasteiger partial charge on any atom is 0.164 e. The third kappa shape index (κ3) is 3.90. The summed E-state index contributed by atoms with van der Waals surface area (Å²) in [5.74, 6) is 1.94. The zero-order valence-corrected chi connectivity index (χ0v) is 24.3. The van der Waals surface area contributed by atoms with Crippen LogP contribution < -0.4 is 0 Å². The van der Waals surface area contributed by atoms with E-state index in [1.54, 1.807) is 12.4 Å². The fourth-order valence-electron chi connectivity index (χ4n) is 5.79. The minimum absolute atomic E-state index is 0.632. The Morgan fingerprint density at radius 2 is 1.16 bits per heavy atom. The van der Waals surface area contributed by atoms with Crippen LogP contribution in [0.25, 0.3) is 80.5 Å². The van der Waals surface area contributed by atoms with Gasteiger partial charge in [-0.25, -0.2) is 15.0 Å². The van der Waals surface area contributed by atoms with E-state index in [-0.39, 0.29) is 0 Å². The molecule has 0 bridgehead atoms. The zero-order chi connectivity index (χ0) is 28.3.